The molecule has 2 amide bonds. The lowest BCUT2D eigenvalue weighted by molar-refractivity contribution is -0.142. The maximum atomic E-state index is 12.1. The van der Waals surface area contributed by atoms with Gasteiger partial charge in [0.05, 0.1) is 0 Å². The fourth-order valence-electron chi connectivity index (χ4n) is 2.98. The molecule has 3 N–H and O–H groups in total. The minimum absolute atomic E-state index is 0.177. The summed E-state index contributed by atoms with van der Waals surface area (Å²) in [5.74, 6) is -1.74. The highest BCUT2D eigenvalue weighted by Gasteiger charge is 2.30. The molecule has 3 rings (SSSR count). The Hall–Kier alpha value is -3.15. The Bertz CT molecular complexity index is 802. The van der Waals surface area contributed by atoms with E-state index in [2.05, 4.69) is 10.6 Å². The monoisotopic (exact) mass is 352 g/mol. The van der Waals surface area contributed by atoms with Gasteiger partial charge < -0.3 is 15.7 Å². The number of carboxylic acid groups (broad SMARTS) is 1. The van der Waals surface area contributed by atoms with Gasteiger partial charge in [0.1, 0.15) is 12.1 Å². The molecule has 1 saturated heterocycles. The molecule has 0 saturated carbocycles. The first kappa shape index (κ1) is 17.7. The van der Waals surface area contributed by atoms with Gasteiger partial charge in [0.2, 0.25) is 11.8 Å². The summed E-state index contributed by atoms with van der Waals surface area (Å²) in [6.07, 6.45) is 0.858. The topological polar surface area (TPSA) is 95.5 Å². The number of aliphatic carboxylic acids is 1. The standard InChI is InChI=1S/C20H20N2O4/c23-18-11-10-16(21-18)19(24)22-17(20(25)26)12-13-6-8-15(9-7-13)14-4-2-1-3-5-14/h1-9,16-17H,10-12H2,(H,21,23)(H,22,24)(H,25,26)/t16-,17-/m0/s1. The predicted octanol–water partition coefficient (Wildman–Crippen LogP) is 1.74. The van der Waals surface area contributed by atoms with E-state index in [4.69, 9.17) is 0 Å². The molecule has 6 heteroatoms. The fourth-order valence-corrected chi connectivity index (χ4v) is 2.98. The minimum atomic E-state index is -1.10. The van der Waals surface area contributed by atoms with E-state index in [-0.39, 0.29) is 18.7 Å². The summed E-state index contributed by atoms with van der Waals surface area (Å²) in [7, 11) is 0. The van der Waals surface area contributed by atoms with Gasteiger partial charge in [-0.05, 0) is 23.1 Å². The van der Waals surface area contributed by atoms with Crippen LogP contribution in [0.25, 0.3) is 11.1 Å². The van der Waals surface area contributed by atoms with Gasteiger partial charge in [-0.3, -0.25) is 9.59 Å². The van der Waals surface area contributed by atoms with E-state index in [1.165, 1.54) is 0 Å². The van der Waals surface area contributed by atoms with Crippen LogP contribution < -0.4 is 10.6 Å². The first-order chi connectivity index (χ1) is 12.5. The Kier molecular flexibility index (Phi) is 5.31. The number of carboxylic acids is 1. The molecule has 0 aromatic heterocycles. The summed E-state index contributed by atoms with van der Waals surface area (Å²) in [4.78, 5) is 34.9. The van der Waals surface area contributed by atoms with Crippen LogP contribution in [-0.2, 0) is 20.8 Å². The predicted molar refractivity (Wildman–Crippen MR) is 96.3 cm³/mol. The lowest BCUT2D eigenvalue weighted by atomic mass is 10.0. The largest absolute Gasteiger partial charge is 0.480 e. The molecular formula is C20H20N2O4. The van der Waals surface area contributed by atoms with Crippen molar-refractivity contribution in [2.45, 2.75) is 31.3 Å². The lowest BCUT2D eigenvalue weighted by Crippen LogP contribution is -2.49. The number of carbonyl (C=O) groups is 3. The molecular weight excluding hydrogens is 332 g/mol. The van der Waals surface area contributed by atoms with E-state index in [0.717, 1.165) is 16.7 Å². The number of hydrogen-bond donors (Lipinski definition) is 3. The zero-order chi connectivity index (χ0) is 18.5. The normalized spacial score (nSPS) is 17.4. The summed E-state index contributed by atoms with van der Waals surface area (Å²) in [6, 6.07) is 15.8. The quantitative estimate of drug-likeness (QED) is 0.738. The van der Waals surface area contributed by atoms with Gasteiger partial charge in [-0.15, -0.1) is 0 Å². The van der Waals surface area contributed by atoms with Crippen molar-refractivity contribution in [1.29, 1.82) is 0 Å². The molecule has 2 aromatic rings. The van der Waals surface area contributed by atoms with Crippen molar-refractivity contribution >= 4 is 17.8 Å². The van der Waals surface area contributed by atoms with Crippen LogP contribution in [0.1, 0.15) is 18.4 Å². The van der Waals surface area contributed by atoms with E-state index in [1.807, 2.05) is 54.6 Å². The first-order valence-electron chi connectivity index (χ1n) is 8.50. The van der Waals surface area contributed by atoms with Gasteiger partial charge >= 0.3 is 5.97 Å². The van der Waals surface area contributed by atoms with E-state index in [9.17, 15) is 19.5 Å². The molecule has 0 radical (unpaired) electrons. The molecule has 1 heterocycles. The van der Waals surface area contributed by atoms with Crippen molar-refractivity contribution < 1.29 is 19.5 Å². The Labute approximate surface area is 151 Å². The molecule has 0 bridgehead atoms. The summed E-state index contributed by atoms with van der Waals surface area (Å²) >= 11 is 0. The maximum absolute atomic E-state index is 12.1. The molecule has 26 heavy (non-hydrogen) atoms. The molecule has 1 aliphatic heterocycles. The van der Waals surface area contributed by atoms with Crippen LogP contribution in [0.2, 0.25) is 0 Å². The number of carbonyl (C=O) groups excluding carboxylic acids is 2. The summed E-state index contributed by atoms with van der Waals surface area (Å²) in [5.41, 5.74) is 2.94. The first-order valence-corrected chi connectivity index (χ1v) is 8.50. The zero-order valence-corrected chi connectivity index (χ0v) is 14.1. The van der Waals surface area contributed by atoms with Crippen molar-refractivity contribution in [1.82, 2.24) is 10.6 Å². The highest BCUT2D eigenvalue weighted by atomic mass is 16.4. The second-order valence-corrected chi connectivity index (χ2v) is 6.33. The van der Waals surface area contributed by atoms with Crippen LogP contribution in [0.5, 0.6) is 0 Å². The van der Waals surface area contributed by atoms with Crippen LogP contribution in [0.4, 0.5) is 0 Å². The molecule has 0 unspecified atom stereocenters. The van der Waals surface area contributed by atoms with Gasteiger partial charge in [0, 0.05) is 12.8 Å². The molecule has 6 nitrogen and oxygen atoms in total. The molecule has 2 atom stereocenters. The third-order valence-corrected chi connectivity index (χ3v) is 4.43. The number of benzene rings is 2. The van der Waals surface area contributed by atoms with Crippen LogP contribution in [0, 0.1) is 0 Å². The van der Waals surface area contributed by atoms with Crippen LogP contribution in [0.15, 0.2) is 54.6 Å². The number of rotatable bonds is 6. The van der Waals surface area contributed by atoms with Gasteiger partial charge in [-0.25, -0.2) is 4.79 Å². The van der Waals surface area contributed by atoms with E-state index < -0.39 is 24.0 Å². The van der Waals surface area contributed by atoms with Gasteiger partial charge in [0.25, 0.3) is 0 Å². The van der Waals surface area contributed by atoms with Crippen LogP contribution >= 0.6 is 0 Å². The van der Waals surface area contributed by atoms with Crippen LogP contribution in [-0.4, -0.2) is 35.0 Å². The minimum Gasteiger partial charge on any atom is -0.480 e. The lowest BCUT2D eigenvalue weighted by Gasteiger charge is -2.17. The Balaban J connectivity index is 1.65. The fraction of sp³-hybridized carbons (Fsp3) is 0.250. The molecule has 2 aromatic carbocycles. The highest BCUT2D eigenvalue weighted by molar-refractivity contribution is 5.92. The Morgan fingerprint density at radius 1 is 1.08 bits per heavy atom. The van der Waals surface area contributed by atoms with Crippen molar-refractivity contribution in [3.8, 4) is 11.1 Å². The average molecular weight is 352 g/mol. The van der Waals surface area contributed by atoms with Crippen molar-refractivity contribution in [3.63, 3.8) is 0 Å². The zero-order valence-electron chi connectivity index (χ0n) is 14.1. The van der Waals surface area contributed by atoms with E-state index >= 15 is 0 Å². The highest BCUT2D eigenvalue weighted by Crippen LogP contribution is 2.19. The molecule has 1 aliphatic rings. The Morgan fingerprint density at radius 2 is 1.73 bits per heavy atom. The van der Waals surface area contributed by atoms with Crippen molar-refractivity contribution in [3.05, 3.63) is 60.2 Å². The maximum Gasteiger partial charge on any atom is 0.326 e. The van der Waals surface area contributed by atoms with Crippen LogP contribution in [0.3, 0.4) is 0 Å². The summed E-state index contributed by atoms with van der Waals surface area (Å²) < 4.78 is 0. The average Bonchev–Trinajstić information content (AvgIpc) is 3.09. The molecule has 134 valence electrons. The number of hydrogen-bond acceptors (Lipinski definition) is 3. The third kappa shape index (κ3) is 4.27. The smallest absolute Gasteiger partial charge is 0.326 e. The SMILES string of the molecule is O=C1CC[C@@H](C(=O)N[C@@H](Cc2ccc(-c3ccccc3)cc2)C(=O)O)N1. The van der Waals surface area contributed by atoms with Gasteiger partial charge in [0.15, 0.2) is 0 Å². The molecule has 0 aliphatic carbocycles. The van der Waals surface area contributed by atoms with E-state index in [0.29, 0.717) is 6.42 Å². The van der Waals surface area contributed by atoms with Gasteiger partial charge in [-0.1, -0.05) is 54.6 Å². The molecule has 1 fully saturated rings. The second kappa shape index (κ2) is 7.82. The third-order valence-electron chi connectivity index (χ3n) is 4.43. The summed E-state index contributed by atoms with van der Waals surface area (Å²) in [5, 5.41) is 14.5. The van der Waals surface area contributed by atoms with Gasteiger partial charge in [-0.2, -0.15) is 0 Å². The second-order valence-electron chi connectivity index (χ2n) is 6.33. The summed E-state index contributed by atoms with van der Waals surface area (Å²) in [6.45, 7) is 0. The Morgan fingerprint density at radius 3 is 2.31 bits per heavy atom. The van der Waals surface area contributed by atoms with Crippen molar-refractivity contribution in [2.24, 2.45) is 0 Å². The van der Waals surface area contributed by atoms with E-state index in [1.54, 1.807) is 0 Å². The van der Waals surface area contributed by atoms with Crippen molar-refractivity contribution in [2.75, 3.05) is 0 Å². The number of nitrogens with one attached hydrogen (secondary N) is 2. The molecule has 0 spiro atoms. The number of amides is 2.